The van der Waals surface area contributed by atoms with Crippen molar-refractivity contribution in [3.63, 3.8) is 0 Å². The zero-order valence-electron chi connectivity index (χ0n) is 15.0. The van der Waals surface area contributed by atoms with Crippen molar-refractivity contribution in [2.24, 2.45) is 0 Å². The first-order valence-electron chi connectivity index (χ1n) is 9.27. The summed E-state index contributed by atoms with van der Waals surface area (Å²) in [7, 11) is 0. The molecule has 0 aliphatic carbocycles. The Morgan fingerprint density at radius 1 is 1.19 bits per heavy atom. The van der Waals surface area contributed by atoms with Crippen LogP contribution in [0.3, 0.4) is 0 Å². The lowest BCUT2D eigenvalue weighted by Crippen LogP contribution is -2.45. The highest BCUT2D eigenvalue weighted by Crippen LogP contribution is 2.26. The first-order chi connectivity index (χ1) is 12.6. The van der Waals surface area contributed by atoms with Crippen molar-refractivity contribution in [1.29, 1.82) is 0 Å². The third-order valence-corrected chi connectivity index (χ3v) is 5.28. The minimum absolute atomic E-state index is 0. The van der Waals surface area contributed by atoms with E-state index in [-0.39, 0.29) is 48.8 Å². The summed E-state index contributed by atoms with van der Waals surface area (Å²) < 4.78 is 5.54. The molecular formula is C19H24ClN3O4. The van der Waals surface area contributed by atoms with Crippen LogP contribution in [0.15, 0.2) is 18.2 Å². The molecule has 2 N–H and O–H groups in total. The number of benzene rings is 1. The highest BCUT2D eigenvalue weighted by Gasteiger charge is 2.38. The van der Waals surface area contributed by atoms with E-state index in [9.17, 15) is 14.4 Å². The van der Waals surface area contributed by atoms with Crippen LogP contribution in [0.1, 0.15) is 56.8 Å². The molecule has 0 spiro atoms. The van der Waals surface area contributed by atoms with E-state index < -0.39 is 0 Å². The number of piperidine rings is 1. The lowest BCUT2D eigenvalue weighted by atomic mass is 10.0. The molecule has 1 aromatic carbocycles. The first kappa shape index (κ1) is 19.8. The second-order valence-corrected chi connectivity index (χ2v) is 7.13. The van der Waals surface area contributed by atoms with Crippen LogP contribution in [0.5, 0.6) is 0 Å². The molecule has 27 heavy (non-hydrogen) atoms. The molecule has 3 aliphatic rings. The maximum Gasteiger partial charge on any atom is 0.261 e. The number of hydrogen-bond acceptors (Lipinski definition) is 5. The number of nitrogens with one attached hydrogen (secondary N) is 2. The number of rotatable bonds is 4. The minimum atomic E-state index is -0.338. The zero-order chi connectivity index (χ0) is 18.1. The second kappa shape index (κ2) is 8.37. The van der Waals surface area contributed by atoms with Crippen molar-refractivity contribution in [3.8, 4) is 0 Å². The van der Waals surface area contributed by atoms with Gasteiger partial charge in [0.05, 0.1) is 23.8 Å². The number of carbonyl (C=O) groups excluding carboxylic acids is 3. The highest BCUT2D eigenvalue weighted by atomic mass is 35.5. The van der Waals surface area contributed by atoms with Crippen molar-refractivity contribution in [1.82, 2.24) is 15.5 Å². The molecule has 2 atom stereocenters. The normalized spacial score (nSPS) is 24.5. The minimum Gasteiger partial charge on any atom is -0.376 e. The summed E-state index contributed by atoms with van der Waals surface area (Å²) in [4.78, 5) is 38.9. The van der Waals surface area contributed by atoms with Gasteiger partial charge in [-0.2, -0.15) is 0 Å². The number of halogens is 1. The van der Waals surface area contributed by atoms with Gasteiger partial charge in [-0.05, 0) is 50.4 Å². The van der Waals surface area contributed by atoms with E-state index in [4.69, 9.17) is 4.74 Å². The van der Waals surface area contributed by atoms with Crippen molar-refractivity contribution in [2.45, 2.75) is 37.8 Å². The Kier molecular flexibility index (Phi) is 6.14. The molecule has 0 saturated carbocycles. The Balaban J connectivity index is 0.00000210. The predicted octanol–water partition coefficient (Wildman–Crippen LogP) is 1.37. The number of hydrogen-bond donors (Lipinski definition) is 2. The van der Waals surface area contributed by atoms with Gasteiger partial charge in [0, 0.05) is 24.8 Å². The summed E-state index contributed by atoms with van der Waals surface area (Å²) in [5.74, 6) is -0.849. The number of fused-ring (bicyclic) bond motifs is 1. The molecule has 0 aromatic heterocycles. The van der Waals surface area contributed by atoms with Crippen molar-refractivity contribution in [3.05, 3.63) is 34.9 Å². The monoisotopic (exact) mass is 393 g/mol. The summed E-state index contributed by atoms with van der Waals surface area (Å²) in [6.45, 7) is 2.68. The van der Waals surface area contributed by atoms with Crippen LogP contribution in [0.2, 0.25) is 0 Å². The van der Waals surface area contributed by atoms with E-state index in [0.717, 1.165) is 38.8 Å². The number of ether oxygens (including phenoxy) is 1. The molecule has 2 fully saturated rings. The Morgan fingerprint density at radius 2 is 2.00 bits per heavy atom. The molecular weight excluding hydrogens is 370 g/mol. The molecule has 7 nitrogen and oxygen atoms in total. The molecule has 8 heteroatoms. The molecule has 146 valence electrons. The SMILES string of the molecule is Cl.O=C(N[C@H]1CCCNC1)c1ccc2c(c1)C(=O)N(CC1CCCO1)C2=O. The Bertz CT molecular complexity index is 742. The summed E-state index contributed by atoms with van der Waals surface area (Å²) >= 11 is 0. The number of amides is 3. The smallest absolute Gasteiger partial charge is 0.261 e. The fourth-order valence-corrected chi connectivity index (χ4v) is 3.83. The summed E-state index contributed by atoms with van der Waals surface area (Å²) in [6, 6.07) is 4.83. The largest absolute Gasteiger partial charge is 0.376 e. The number of imide groups is 1. The third kappa shape index (κ3) is 4.00. The van der Waals surface area contributed by atoms with Crippen LogP contribution in [0.25, 0.3) is 0 Å². The molecule has 3 amide bonds. The van der Waals surface area contributed by atoms with Gasteiger partial charge in [0.15, 0.2) is 0 Å². The fraction of sp³-hybridized carbons (Fsp3) is 0.526. The van der Waals surface area contributed by atoms with E-state index >= 15 is 0 Å². The fourth-order valence-electron chi connectivity index (χ4n) is 3.83. The van der Waals surface area contributed by atoms with E-state index in [0.29, 0.717) is 23.3 Å². The Morgan fingerprint density at radius 3 is 2.70 bits per heavy atom. The number of carbonyl (C=O) groups is 3. The average Bonchev–Trinajstić information content (AvgIpc) is 3.25. The topological polar surface area (TPSA) is 87.7 Å². The lowest BCUT2D eigenvalue weighted by Gasteiger charge is -2.23. The van der Waals surface area contributed by atoms with Crippen molar-refractivity contribution >= 4 is 30.1 Å². The third-order valence-electron chi connectivity index (χ3n) is 5.28. The van der Waals surface area contributed by atoms with Crippen LogP contribution in [0, 0.1) is 0 Å². The molecule has 4 rings (SSSR count). The standard InChI is InChI=1S/C19H23N3O4.ClH/c23-17(21-13-3-1-7-20-10-13)12-5-6-15-16(9-12)19(25)22(18(15)24)11-14-4-2-8-26-14;/h5-6,9,13-14,20H,1-4,7-8,10-11H2,(H,21,23);1H/t13-,14?;/m0./s1. The lowest BCUT2D eigenvalue weighted by molar-refractivity contribution is 0.0475. The van der Waals surface area contributed by atoms with Gasteiger partial charge in [-0.1, -0.05) is 0 Å². The molecule has 1 aromatic rings. The second-order valence-electron chi connectivity index (χ2n) is 7.13. The van der Waals surface area contributed by atoms with Gasteiger partial charge in [-0.3, -0.25) is 19.3 Å². The van der Waals surface area contributed by atoms with Crippen LogP contribution in [0.4, 0.5) is 0 Å². The summed E-state index contributed by atoms with van der Waals surface area (Å²) in [6.07, 6.45) is 3.69. The van der Waals surface area contributed by atoms with Crippen LogP contribution < -0.4 is 10.6 Å². The van der Waals surface area contributed by atoms with Gasteiger partial charge in [-0.25, -0.2) is 0 Å². The van der Waals surface area contributed by atoms with E-state index in [1.54, 1.807) is 12.1 Å². The van der Waals surface area contributed by atoms with Crippen molar-refractivity contribution < 1.29 is 19.1 Å². The van der Waals surface area contributed by atoms with Crippen molar-refractivity contribution in [2.75, 3.05) is 26.2 Å². The molecule has 3 aliphatic heterocycles. The molecule has 3 heterocycles. The molecule has 0 radical (unpaired) electrons. The van der Waals surface area contributed by atoms with Crippen LogP contribution >= 0.6 is 12.4 Å². The van der Waals surface area contributed by atoms with Gasteiger partial charge >= 0.3 is 0 Å². The average molecular weight is 394 g/mol. The van der Waals surface area contributed by atoms with E-state index in [2.05, 4.69) is 10.6 Å². The summed E-state index contributed by atoms with van der Waals surface area (Å²) in [5.41, 5.74) is 1.08. The van der Waals surface area contributed by atoms with E-state index in [1.165, 1.54) is 11.0 Å². The molecule has 0 bridgehead atoms. The van der Waals surface area contributed by atoms with Gasteiger partial charge < -0.3 is 15.4 Å². The van der Waals surface area contributed by atoms with Gasteiger partial charge in [-0.15, -0.1) is 12.4 Å². The molecule has 1 unspecified atom stereocenters. The van der Waals surface area contributed by atoms with E-state index in [1.807, 2.05) is 0 Å². The predicted molar refractivity (Wildman–Crippen MR) is 101 cm³/mol. The maximum absolute atomic E-state index is 12.7. The highest BCUT2D eigenvalue weighted by molar-refractivity contribution is 6.22. The molecule has 2 saturated heterocycles. The quantitative estimate of drug-likeness (QED) is 0.754. The zero-order valence-corrected chi connectivity index (χ0v) is 15.8. The summed E-state index contributed by atoms with van der Waals surface area (Å²) in [5, 5.41) is 6.25. The van der Waals surface area contributed by atoms with Crippen LogP contribution in [-0.2, 0) is 4.74 Å². The van der Waals surface area contributed by atoms with Crippen LogP contribution in [-0.4, -0.2) is 61.0 Å². The van der Waals surface area contributed by atoms with Gasteiger partial charge in [0.1, 0.15) is 0 Å². The Labute approximate surface area is 164 Å². The van der Waals surface area contributed by atoms with Gasteiger partial charge in [0.2, 0.25) is 0 Å². The maximum atomic E-state index is 12.7. The van der Waals surface area contributed by atoms with Gasteiger partial charge in [0.25, 0.3) is 17.7 Å². The first-order valence-corrected chi connectivity index (χ1v) is 9.27. The Hall–Kier alpha value is -1.96. The number of nitrogens with zero attached hydrogens (tertiary/aromatic N) is 1.